The number of benzene rings is 1. The Morgan fingerprint density at radius 3 is 2.72 bits per heavy atom. The molecule has 1 amide bonds. The fraction of sp³-hybridized carbons (Fsp3) is 0.417. The van der Waals surface area contributed by atoms with Gasteiger partial charge in [0, 0.05) is 6.07 Å². The van der Waals surface area contributed by atoms with Crippen LogP contribution in [0, 0.1) is 17.6 Å². The molecule has 1 aliphatic carbocycles. The summed E-state index contributed by atoms with van der Waals surface area (Å²) >= 11 is 5.66. The normalized spacial score (nSPS) is 14.6. The molecule has 0 unspecified atom stereocenters. The summed E-state index contributed by atoms with van der Waals surface area (Å²) in [6.45, 7) is 0.872. The summed E-state index contributed by atoms with van der Waals surface area (Å²) in [5.41, 5.74) is -0.184. The highest BCUT2D eigenvalue weighted by Gasteiger charge is 2.20. The third-order valence-electron chi connectivity index (χ3n) is 2.69. The minimum atomic E-state index is -0.879. The van der Waals surface area contributed by atoms with Gasteiger partial charge < -0.3 is 10.6 Å². The third-order valence-corrected chi connectivity index (χ3v) is 2.98. The van der Waals surface area contributed by atoms with Gasteiger partial charge in [0.2, 0.25) is 5.91 Å². The SMILES string of the molecule is O=C(CNCC1CC1)Nc1c(F)cc(F)cc1Cl. The number of carbonyl (C=O) groups is 1. The molecule has 1 fully saturated rings. The molecule has 0 spiro atoms. The molecule has 2 N–H and O–H groups in total. The zero-order valence-electron chi connectivity index (χ0n) is 9.60. The predicted molar refractivity (Wildman–Crippen MR) is 65.6 cm³/mol. The molecule has 98 valence electrons. The Kier molecular flexibility index (Phi) is 4.14. The molecule has 1 saturated carbocycles. The monoisotopic (exact) mass is 274 g/mol. The minimum absolute atomic E-state index is 0.0869. The lowest BCUT2D eigenvalue weighted by Crippen LogP contribution is -2.29. The van der Waals surface area contributed by atoms with E-state index in [2.05, 4.69) is 10.6 Å². The molecular formula is C12H13ClF2N2O. The average molecular weight is 275 g/mol. The number of rotatable bonds is 5. The third kappa shape index (κ3) is 3.65. The van der Waals surface area contributed by atoms with Crippen LogP contribution in [0.15, 0.2) is 12.1 Å². The van der Waals surface area contributed by atoms with E-state index in [0.717, 1.165) is 12.6 Å². The molecule has 0 aliphatic heterocycles. The van der Waals surface area contributed by atoms with Crippen LogP contribution in [0.1, 0.15) is 12.8 Å². The summed E-state index contributed by atoms with van der Waals surface area (Å²) in [5.74, 6) is -1.40. The van der Waals surface area contributed by atoms with Crippen LogP contribution in [0.2, 0.25) is 5.02 Å². The van der Waals surface area contributed by atoms with Gasteiger partial charge in [-0.25, -0.2) is 8.78 Å². The second kappa shape index (κ2) is 5.63. The Morgan fingerprint density at radius 2 is 2.11 bits per heavy atom. The van der Waals surface area contributed by atoms with Crippen molar-refractivity contribution in [3.63, 3.8) is 0 Å². The van der Waals surface area contributed by atoms with Crippen LogP contribution in [0.5, 0.6) is 0 Å². The Morgan fingerprint density at radius 1 is 1.39 bits per heavy atom. The largest absolute Gasteiger partial charge is 0.321 e. The number of hydrogen-bond donors (Lipinski definition) is 2. The van der Waals surface area contributed by atoms with E-state index < -0.39 is 17.5 Å². The fourth-order valence-electron chi connectivity index (χ4n) is 1.56. The summed E-state index contributed by atoms with van der Waals surface area (Å²) < 4.78 is 26.2. The van der Waals surface area contributed by atoms with Gasteiger partial charge in [-0.1, -0.05) is 11.6 Å². The lowest BCUT2D eigenvalue weighted by Gasteiger charge is -2.09. The molecule has 0 saturated heterocycles. The maximum absolute atomic E-state index is 13.4. The minimum Gasteiger partial charge on any atom is -0.321 e. The van der Waals surface area contributed by atoms with E-state index in [1.165, 1.54) is 12.8 Å². The van der Waals surface area contributed by atoms with E-state index in [0.29, 0.717) is 12.0 Å². The van der Waals surface area contributed by atoms with Crippen molar-refractivity contribution in [2.24, 2.45) is 5.92 Å². The highest BCUT2D eigenvalue weighted by molar-refractivity contribution is 6.33. The van der Waals surface area contributed by atoms with Gasteiger partial charge in [0.1, 0.15) is 5.82 Å². The molecule has 3 nitrogen and oxygen atoms in total. The quantitative estimate of drug-likeness (QED) is 0.866. The van der Waals surface area contributed by atoms with E-state index in [4.69, 9.17) is 11.6 Å². The van der Waals surface area contributed by atoms with Crippen LogP contribution in [0.3, 0.4) is 0 Å². The Bertz CT molecular complexity index is 440. The van der Waals surface area contributed by atoms with Crippen LogP contribution < -0.4 is 10.6 Å². The van der Waals surface area contributed by atoms with E-state index >= 15 is 0 Å². The van der Waals surface area contributed by atoms with Crippen LogP contribution in [0.25, 0.3) is 0 Å². The molecule has 6 heteroatoms. The molecule has 1 aromatic carbocycles. The van der Waals surface area contributed by atoms with Crippen LogP contribution >= 0.6 is 11.6 Å². The number of carbonyl (C=O) groups excluding carboxylic acids is 1. The van der Waals surface area contributed by atoms with Crippen LogP contribution in [0.4, 0.5) is 14.5 Å². The molecule has 18 heavy (non-hydrogen) atoms. The van der Waals surface area contributed by atoms with Gasteiger partial charge in [-0.15, -0.1) is 0 Å². The summed E-state index contributed by atoms with van der Waals surface area (Å²) in [5, 5.41) is 5.14. The van der Waals surface area contributed by atoms with Gasteiger partial charge in [-0.2, -0.15) is 0 Å². The van der Waals surface area contributed by atoms with Crippen molar-refractivity contribution >= 4 is 23.2 Å². The topological polar surface area (TPSA) is 41.1 Å². The molecule has 0 heterocycles. The van der Waals surface area contributed by atoms with Crippen molar-refractivity contribution in [2.75, 3.05) is 18.4 Å². The smallest absolute Gasteiger partial charge is 0.238 e. The summed E-state index contributed by atoms with van der Waals surface area (Å²) in [4.78, 5) is 11.5. The first-order chi connectivity index (χ1) is 8.56. The zero-order valence-corrected chi connectivity index (χ0v) is 10.4. The number of amides is 1. The van der Waals surface area contributed by atoms with Crippen LogP contribution in [-0.2, 0) is 4.79 Å². The highest BCUT2D eigenvalue weighted by atomic mass is 35.5. The first kappa shape index (κ1) is 13.2. The van der Waals surface area contributed by atoms with Crippen LogP contribution in [-0.4, -0.2) is 19.0 Å². The van der Waals surface area contributed by atoms with Crippen molar-refractivity contribution in [1.29, 1.82) is 0 Å². The average Bonchev–Trinajstić information content (AvgIpc) is 3.07. The predicted octanol–water partition coefficient (Wildman–Crippen LogP) is 2.56. The first-order valence-corrected chi connectivity index (χ1v) is 6.09. The van der Waals surface area contributed by atoms with Gasteiger partial charge in [-0.3, -0.25) is 4.79 Å². The zero-order chi connectivity index (χ0) is 13.1. The molecule has 0 radical (unpaired) electrons. The number of anilines is 1. The molecule has 0 atom stereocenters. The highest BCUT2D eigenvalue weighted by Crippen LogP contribution is 2.28. The fourth-order valence-corrected chi connectivity index (χ4v) is 1.80. The molecule has 0 aromatic heterocycles. The Hall–Kier alpha value is -1.20. The summed E-state index contributed by atoms with van der Waals surface area (Å²) in [7, 11) is 0. The first-order valence-electron chi connectivity index (χ1n) is 5.71. The van der Waals surface area contributed by atoms with Crippen molar-refractivity contribution in [2.45, 2.75) is 12.8 Å². The standard InChI is InChI=1S/C12H13ClF2N2O/c13-9-3-8(14)4-10(15)12(9)17-11(18)6-16-5-7-1-2-7/h3-4,7,16H,1-2,5-6H2,(H,17,18). The van der Waals surface area contributed by atoms with Crippen molar-refractivity contribution in [3.8, 4) is 0 Å². The van der Waals surface area contributed by atoms with E-state index in [1.807, 2.05) is 0 Å². The van der Waals surface area contributed by atoms with Gasteiger partial charge in [-0.05, 0) is 31.4 Å². The van der Waals surface area contributed by atoms with Crippen molar-refractivity contribution < 1.29 is 13.6 Å². The maximum Gasteiger partial charge on any atom is 0.238 e. The Balaban J connectivity index is 1.89. The van der Waals surface area contributed by atoms with Gasteiger partial charge in [0.25, 0.3) is 0 Å². The Labute approximate surface area is 109 Å². The lowest BCUT2D eigenvalue weighted by molar-refractivity contribution is -0.115. The second-order valence-electron chi connectivity index (χ2n) is 4.37. The molecular weight excluding hydrogens is 262 g/mol. The van der Waals surface area contributed by atoms with E-state index in [1.54, 1.807) is 0 Å². The van der Waals surface area contributed by atoms with Gasteiger partial charge >= 0.3 is 0 Å². The number of halogens is 3. The van der Waals surface area contributed by atoms with Gasteiger partial charge in [0.05, 0.1) is 17.3 Å². The van der Waals surface area contributed by atoms with E-state index in [-0.39, 0.29) is 17.3 Å². The molecule has 1 aliphatic rings. The molecule has 1 aromatic rings. The second-order valence-corrected chi connectivity index (χ2v) is 4.77. The number of nitrogens with one attached hydrogen (secondary N) is 2. The molecule has 0 bridgehead atoms. The van der Waals surface area contributed by atoms with Crippen molar-refractivity contribution in [1.82, 2.24) is 5.32 Å². The number of hydrogen-bond acceptors (Lipinski definition) is 2. The summed E-state index contributed by atoms with van der Waals surface area (Å²) in [6.07, 6.45) is 2.38. The maximum atomic E-state index is 13.4. The van der Waals surface area contributed by atoms with E-state index in [9.17, 15) is 13.6 Å². The lowest BCUT2D eigenvalue weighted by atomic mass is 10.3. The van der Waals surface area contributed by atoms with Crippen molar-refractivity contribution in [3.05, 3.63) is 28.8 Å². The summed E-state index contributed by atoms with van der Waals surface area (Å²) in [6, 6.07) is 1.64. The van der Waals surface area contributed by atoms with Gasteiger partial charge in [0.15, 0.2) is 5.82 Å². The molecule has 2 rings (SSSR count).